The van der Waals surface area contributed by atoms with E-state index in [1.54, 1.807) is 23.4 Å². The maximum absolute atomic E-state index is 13.1. The predicted octanol–water partition coefficient (Wildman–Crippen LogP) is 2.50. The van der Waals surface area contributed by atoms with Gasteiger partial charge >= 0.3 is 6.18 Å². The van der Waals surface area contributed by atoms with E-state index in [4.69, 9.17) is 0 Å². The fourth-order valence-corrected chi connectivity index (χ4v) is 3.98. The number of halogens is 3. The van der Waals surface area contributed by atoms with Crippen molar-refractivity contribution in [2.45, 2.75) is 43.9 Å². The molecule has 12 heteroatoms. The third kappa shape index (κ3) is 4.14. The molecule has 3 aromatic rings. The quantitative estimate of drug-likeness (QED) is 0.609. The first-order chi connectivity index (χ1) is 15.0. The van der Waals surface area contributed by atoms with Gasteiger partial charge in [-0.15, -0.1) is 0 Å². The molecule has 0 atom stereocenters. The van der Waals surface area contributed by atoms with Crippen LogP contribution in [0.3, 0.4) is 0 Å². The number of hydrogen-bond acceptors (Lipinski definition) is 8. The lowest BCUT2D eigenvalue weighted by atomic mass is 10.0. The number of hydrogen-bond donors (Lipinski definition) is 0. The van der Waals surface area contributed by atoms with Gasteiger partial charge in [-0.1, -0.05) is 0 Å². The normalized spacial score (nSPS) is 17.7. The average Bonchev–Trinajstić information content (AvgIpc) is 3.45. The first-order valence-corrected chi connectivity index (χ1v) is 10.1. The van der Waals surface area contributed by atoms with Gasteiger partial charge in [-0.05, 0) is 25.7 Å². The van der Waals surface area contributed by atoms with Crippen molar-refractivity contribution in [2.75, 3.05) is 22.9 Å². The van der Waals surface area contributed by atoms with E-state index in [1.807, 2.05) is 0 Å². The fraction of sp³-hybridized carbons (Fsp3) is 0.474. The van der Waals surface area contributed by atoms with E-state index in [0.29, 0.717) is 11.6 Å². The van der Waals surface area contributed by atoms with Gasteiger partial charge in [-0.25, -0.2) is 24.6 Å². The zero-order chi connectivity index (χ0) is 21.4. The summed E-state index contributed by atoms with van der Waals surface area (Å²) in [4.78, 5) is 24.6. The second kappa shape index (κ2) is 7.75. The molecule has 162 valence electrons. The van der Waals surface area contributed by atoms with Gasteiger partial charge in [0.1, 0.15) is 36.3 Å². The van der Waals surface area contributed by atoms with Crippen LogP contribution < -0.4 is 9.80 Å². The monoisotopic (exact) mass is 431 g/mol. The number of aromatic nitrogens is 7. The van der Waals surface area contributed by atoms with Crippen LogP contribution in [-0.4, -0.2) is 59.9 Å². The van der Waals surface area contributed by atoms with Crippen molar-refractivity contribution in [1.82, 2.24) is 34.7 Å². The highest BCUT2D eigenvalue weighted by Gasteiger charge is 2.39. The molecular formula is C19H20F3N9. The molecule has 3 aromatic heterocycles. The van der Waals surface area contributed by atoms with Gasteiger partial charge in [-0.2, -0.15) is 18.3 Å². The Labute approximate surface area is 176 Å². The maximum Gasteiger partial charge on any atom is 0.433 e. The number of anilines is 2. The Kier molecular flexibility index (Phi) is 4.91. The van der Waals surface area contributed by atoms with Gasteiger partial charge in [-0.3, -0.25) is 4.98 Å². The van der Waals surface area contributed by atoms with Crippen LogP contribution in [0.1, 0.15) is 31.4 Å². The highest BCUT2D eigenvalue weighted by Crippen LogP contribution is 2.37. The minimum atomic E-state index is -4.48. The van der Waals surface area contributed by atoms with Crippen molar-refractivity contribution in [3.63, 3.8) is 0 Å². The zero-order valence-corrected chi connectivity index (χ0v) is 16.5. The van der Waals surface area contributed by atoms with E-state index in [1.165, 1.54) is 6.33 Å². The van der Waals surface area contributed by atoms with Crippen LogP contribution in [0, 0.1) is 0 Å². The number of rotatable bonds is 5. The van der Waals surface area contributed by atoms with Crippen LogP contribution in [-0.2, 0) is 6.18 Å². The SMILES string of the molecule is FC(F)(F)c1cc(N(C2CC2)C2CCN(c3cncc(-n4cncn4)n3)CC2)ncn1. The summed E-state index contributed by atoms with van der Waals surface area (Å²) >= 11 is 0. The Morgan fingerprint density at radius 2 is 1.65 bits per heavy atom. The van der Waals surface area contributed by atoms with Gasteiger partial charge < -0.3 is 9.80 Å². The molecule has 2 fully saturated rings. The highest BCUT2D eigenvalue weighted by atomic mass is 19.4. The second-order valence-electron chi connectivity index (χ2n) is 7.69. The lowest BCUT2D eigenvalue weighted by Gasteiger charge is -2.39. The lowest BCUT2D eigenvalue weighted by molar-refractivity contribution is -0.141. The second-order valence-corrected chi connectivity index (χ2v) is 7.69. The van der Waals surface area contributed by atoms with Crippen molar-refractivity contribution in [2.24, 2.45) is 0 Å². The van der Waals surface area contributed by atoms with Crippen molar-refractivity contribution in [3.8, 4) is 5.82 Å². The zero-order valence-electron chi connectivity index (χ0n) is 16.5. The molecule has 4 heterocycles. The van der Waals surface area contributed by atoms with Crippen LogP contribution in [0.25, 0.3) is 5.82 Å². The molecule has 1 aliphatic heterocycles. The molecule has 1 aliphatic carbocycles. The molecule has 2 aliphatic rings. The van der Waals surface area contributed by atoms with E-state index < -0.39 is 11.9 Å². The topological polar surface area (TPSA) is 88.8 Å². The lowest BCUT2D eigenvalue weighted by Crippen LogP contribution is -2.46. The van der Waals surface area contributed by atoms with Gasteiger partial charge in [0.05, 0.1) is 12.4 Å². The molecule has 0 amide bonds. The molecule has 0 N–H and O–H groups in total. The molecule has 0 unspecified atom stereocenters. The van der Waals surface area contributed by atoms with Crippen molar-refractivity contribution >= 4 is 11.6 Å². The molecule has 1 saturated carbocycles. The molecule has 0 bridgehead atoms. The first kappa shape index (κ1) is 19.6. The van der Waals surface area contributed by atoms with E-state index in [9.17, 15) is 13.2 Å². The van der Waals surface area contributed by atoms with E-state index >= 15 is 0 Å². The summed E-state index contributed by atoms with van der Waals surface area (Å²) in [5, 5.41) is 4.08. The summed E-state index contributed by atoms with van der Waals surface area (Å²) in [6, 6.07) is 1.42. The van der Waals surface area contributed by atoms with E-state index in [0.717, 1.165) is 57.0 Å². The molecule has 1 saturated heterocycles. The summed E-state index contributed by atoms with van der Waals surface area (Å²) < 4.78 is 40.9. The third-order valence-corrected chi connectivity index (χ3v) is 5.59. The third-order valence-electron chi connectivity index (χ3n) is 5.59. The minimum Gasteiger partial charge on any atom is -0.355 e. The van der Waals surface area contributed by atoms with Gasteiger partial charge in [0.2, 0.25) is 0 Å². The standard InChI is InChI=1S/C19H20F3N9/c20-19(21,22)15-7-16(26-11-25-15)31(13-1-2-13)14-3-5-29(6-4-14)17-8-23-9-18(28-17)30-12-24-10-27-30/h7-14H,1-6H2. The van der Waals surface area contributed by atoms with Crippen molar-refractivity contribution in [3.05, 3.63) is 43.1 Å². The summed E-state index contributed by atoms with van der Waals surface area (Å²) in [7, 11) is 0. The van der Waals surface area contributed by atoms with Crippen LogP contribution in [0.2, 0.25) is 0 Å². The Hall–Kier alpha value is -3.31. The molecule has 31 heavy (non-hydrogen) atoms. The van der Waals surface area contributed by atoms with E-state index in [2.05, 4.69) is 39.8 Å². The smallest absolute Gasteiger partial charge is 0.355 e. The molecule has 0 radical (unpaired) electrons. The first-order valence-electron chi connectivity index (χ1n) is 10.1. The Morgan fingerprint density at radius 3 is 2.32 bits per heavy atom. The maximum atomic E-state index is 13.1. The number of piperidine rings is 1. The molecular weight excluding hydrogens is 411 g/mol. The highest BCUT2D eigenvalue weighted by molar-refractivity contribution is 5.46. The van der Waals surface area contributed by atoms with Crippen LogP contribution in [0.15, 0.2) is 37.4 Å². The van der Waals surface area contributed by atoms with Crippen LogP contribution >= 0.6 is 0 Å². The Morgan fingerprint density at radius 1 is 0.903 bits per heavy atom. The van der Waals surface area contributed by atoms with Gasteiger partial charge in [0.25, 0.3) is 0 Å². The van der Waals surface area contributed by atoms with Crippen molar-refractivity contribution in [1.29, 1.82) is 0 Å². The number of nitrogens with zero attached hydrogens (tertiary/aromatic N) is 9. The summed E-state index contributed by atoms with van der Waals surface area (Å²) in [6.07, 6.45) is 6.36. The summed E-state index contributed by atoms with van der Waals surface area (Å²) in [5.74, 6) is 1.68. The molecule has 0 aromatic carbocycles. The minimum absolute atomic E-state index is 0.117. The average molecular weight is 431 g/mol. The molecule has 0 spiro atoms. The Bertz CT molecular complexity index is 1030. The molecule has 9 nitrogen and oxygen atoms in total. The number of alkyl halides is 3. The Balaban J connectivity index is 1.31. The largest absolute Gasteiger partial charge is 0.433 e. The van der Waals surface area contributed by atoms with E-state index in [-0.39, 0.29) is 12.1 Å². The summed E-state index contributed by atoms with van der Waals surface area (Å²) in [6.45, 7) is 1.45. The van der Waals surface area contributed by atoms with Gasteiger partial charge in [0, 0.05) is 31.2 Å². The van der Waals surface area contributed by atoms with Gasteiger partial charge in [0.15, 0.2) is 5.82 Å². The summed E-state index contributed by atoms with van der Waals surface area (Å²) in [5.41, 5.74) is -0.902. The van der Waals surface area contributed by atoms with Crippen LogP contribution in [0.4, 0.5) is 24.8 Å². The van der Waals surface area contributed by atoms with Crippen LogP contribution in [0.5, 0.6) is 0 Å². The van der Waals surface area contributed by atoms with Crippen molar-refractivity contribution < 1.29 is 13.2 Å². The fourth-order valence-electron chi connectivity index (χ4n) is 3.98. The predicted molar refractivity (Wildman–Crippen MR) is 105 cm³/mol. The molecule has 5 rings (SSSR count).